The van der Waals surface area contributed by atoms with E-state index in [0.717, 1.165) is 47.8 Å². The summed E-state index contributed by atoms with van der Waals surface area (Å²) in [5.74, 6) is 0.823. The maximum absolute atomic E-state index is 5.31. The number of aryl methyl sites for hydroxylation is 1. The molecular weight excluding hydrogens is 386 g/mol. The molecule has 4 aromatic rings. The molecule has 6 heteroatoms. The molecule has 1 atom stereocenters. The van der Waals surface area contributed by atoms with Crippen LogP contribution in [0, 0.1) is 6.92 Å². The van der Waals surface area contributed by atoms with E-state index in [2.05, 4.69) is 63.9 Å². The Hall–Kier alpha value is -3.38. The Morgan fingerprint density at radius 1 is 1.06 bits per heavy atom. The molecule has 1 fully saturated rings. The first-order chi connectivity index (χ1) is 15.2. The standard InChI is InChI=1S/C25H27N5O/c1-18-8-10-19(11-9-18)16-29-14-4-7-23(29)25-24-13-12-21(17-30(24)28-27-25)26-20-5-3-6-22(15-20)31-2/h3,5-6,8-13,15,17,23,26H,4,7,14,16H2,1-2H3/t23-/m0/s1. The fraction of sp³-hybridized carbons (Fsp3) is 0.280. The van der Waals surface area contributed by atoms with Gasteiger partial charge in [-0.25, -0.2) is 4.52 Å². The van der Waals surface area contributed by atoms with Gasteiger partial charge in [0.15, 0.2) is 0 Å². The number of hydrogen-bond donors (Lipinski definition) is 1. The van der Waals surface area contributed by atoms with Crippen molar-refractivity contribution in [2.45, 2.75) is 32.4 Å². The molecule has 0 radical (unpaired) electrons. The molecule has 5 rings (SSSR count). The van der Waals surface area contributed by atoms with Crippen LogP contribution in [-0.4, -0.2) is 33.4 Å². The van der Waals surface area contributed by atoms with Crippen LogP contribution >= 0.6 is 0 Å². The van der Waals surface area contributed by atoms with E-state index < -0.39 is 0 Å². The van der Waals surface area contributed by atoms with Crippen molar-refractivity contribution >= 4 is 16.9 Å². The number of pyridine rings is 1. The Morgan fingerprint density at radius 2 is 1.94 bits per heavy atom. The summed E-state index contributed by atoms with van der Waals surface area (Å²) in [7, 11) is 1.67. The van der Waals surface area contributed by atoms with Gasteiger partial charge < -0.3 is 10.1 Å². The predicted octanol–water partition coefficient (Wildman–Crippen LogP) is 5.13. The van der Waals surface area contributed by atoms with Crippen molar-refractivity contribution in [3.8, 4) is 5.75 Å². The second-order valence-corrected chi connectivity index (χ2v) is 8.19. The highest BCUT2D eigenvalue weighted by Crippen LogP contribution is 2.34. The van der Waals surface area contributed by atoms with Crippen LogP contribution in [0.4, 0.5) is 11.4 Å². The van der Waals surface area contributed by atoms with E-state index in [1.165, 1.54) is 17.5 Å². The Bertz CT molecular complexity index is 1180. The number of likely N-dealkylation sites (tertiary alicyclic amines) is 1. The largest absolute Gasteiger partial charge is 0.497 e. The molecule has 0 unspecified atom stereocenters. The molecule has 0 spiro atoms. The van der Waals surface area contributed by atoms with Crippen LogP contribution in [0.5, 0.6) is 5.75 Å². The van der Waals surface area contributed by atoms with Crippen LogP contribution in [0.1, 0.15) is 35.7 Å². The summed E-state index contributed by atoms with van der Waals surface area (Å²) in [6.07, 6.45) is 4.29. The third-order valence-electron chi connectivity index (χ3n) is 5.98. The number of aromatic nitrogens is 3. The van der Waals surface area contributed by atoms with Crippen LogP contribution < -0.4 is 10.1 Å². The van der Waals surface area contributed by atoms with Gasteiger partial charge in [-0.1, -0.05) is 41.1 Å². The summed E-state index contributed by atoms with van der Waals surface area (Å²) in [6, 6.07) is 21.2. The van der Waals surface area contributed by atoms with E-state index >= 15 is 0 Å². The quantitative estimate of drug-likeness (QED) is 0.475. The molecule has 0 amide bonds. The number of hydrogen-bond acceptors (Lipinski definition) is 5. The molecule has 158 valence electrons. The smallest absolute Gasteiger partial charge is 0.120 e. The van der Waals surface area contributed by atoms with Crippen molar-refractivity contribution in [3.63, 3.8) is 0 Å². The maximum atomic E-state index is 5.31. The Labute approximate surface area is 182 Å². The van der Waals surface area contributed by atoms with Gasteiger partial charge in [0.2, 0.25) is 0 Å². The number of fused-ring (bicyclic) bond motifs is 1. The summed E-state index contributed by atoms with van der Waals surface area (Å²) >= 11 is 0. The lowest BCUT2D eigenvalue weighted by Gasteiger charge is -2.23. The van der Waals surface area contributed by atoms with Gasteiger partial charge in [0, 0.05) is 18.3 Å². The molecule has 1 saturated heterocycles. The van der Waals surface area contributed by atoms with Gasteiger partial charge in [0.25, 0.3) is 0 Å². The van der Waals surface area contributed by atoms with Crippen molar-refractivity contribution in [1.29, 1.82) is 0 Å². The molecule has 0 bridgehead atoms. The monoisotopic (exact) mass is 413 g/mol. The lowest BCUT2D eigenvalue weighted by molar-refractivity contribution is 0.245. The van der Waals surface area contributed by atoms with E-state index in [-0.39, 0.29) is 0 Å². The summed E-state index contributed by atoms with van der Waals surface area (Å²) < 4.78 is 7.18. The number of nitrogens with one attached hydrogen (secondary N) is 1. The average molecular weight is 414 g/mol. The number of anilines is 2. The van der Waals surface area contributed by atoms with Gasteiger partial charge >= 0.3 is 0 Å². The first kappa shape index (κ1) is 19.6. The van der Waals surface area contributed by atoms with Gasteiger partial charge in [0.05, 0.1) is 30.6 Å². The Kier molecular flexibility index (Phi) is 5.30. The summed E-state index contributed by atoms with van der Waals surface area (Å²) in [4.78, 5) is 2.52. The molecule has 1 N–H and O–H groups in total. The second kappa shape index (κ2) is 8.40. The summed E-state index contributed by atoms with van der Waals surface area (Å²) in [6.45, 7) is 4.16. The maximum Gasteiger partial charge on any atom is 0.120 e. The van der Waals surface area contributed by atoms with Crippen LogP contribution in [0.3, 0.4) is 0 Å². The van der Waals surface area contributed by atoms with Crippen molar-refractivity contribution in [2.24, 2.45) is 0 Å². The van der Waals surface area contributed by atoms with Crippen LogP contribution in [0.15, 0.2) is 66.9 Å². The molecule has 2 aromatic carbocycles. The van der Waals surface area contributed by atoms with Gasteiger partial charge in [0.1, 0.15) is 11.4 Å². The molecule has 0 aliphatic carbocycles. The SMILES string of the molecule is COc1cccc(Nc2ccc3c([C@@H]4CCCN4Cc4ccc(C)cc4)nnn3c2)c1. The normalized spacial score (nSPS) is 16.6. The predicted molar refractivity (Wildman–Crippen MR) is 123 cm³/mol. The third kappa shape index (κ3) is 4.11. The minimum atomic E-state index is 0.302. The fourth-order valence-corrected chi connectivity index (χ4v) is 4.35. The van der Waals surface area contributed by atoms with E-state index in [9.17, 15) is 0 Å². The first-order valence-electron chi connectivity index (χ1n) is 10.8. The highest BCUT2D eigenvalue weighted by atomic mass is 16.5. The van der Waals surface area contributed by atoms with Gasteiger partial charge in [-0.15, -0.1) is 5.10 Å². The molecule has 1 aliphatic heterocycles. The molecule has 1 aliphatic rings. The topological polar surface area (TPSA) is 54.7 Å². The number of methoxy groups -OCH3 is 1. The highest BCUT2D eigenvalue weighted by Gasteiger charge is 2.29. The Balaban J connectivity index is 1.37. The number of nitrogens with zero attached hydrogens (tertiary/aromatic N) is 4. The minimum absolute atomic E-state index is 0.302. The third-order valence-corrected chi connectivity index (χ3v) is 5.98. The van der Waals surface area contributed by atoms with Crippen molar-refractivity contribution in [2.75, 3.05) is 19.0 Å². The van der Waals surface area contributed by atoms with E-state index in [1.54, 1.807) is 7.11 Å². The second-order valence-electron chi connectivity index (χ2n) is 8.19. The summed E-state index contributed by atoms with van der Waals surface area (Å²) in [5.41, 5.74) is 6.71. The average Bonchev–Trinajstić information content (AvgIpc) is 3.41. The molecule has 3 heterocycles. The van der Waals surface area contributed by atoms with Gasteiger partial charge in [-0.3, -0.25) is 4.90 Å². The van der Waals surface area contributed by atoms with Crippen LogP contribution in [-0.2, 0) is 6.54 Å². The number of rotatable bonds is 6. The first-order valence-corrected chi connectivity index (χ1v) is 10.8. The highest BCUT2D eigenvalue weighted by molar-refractivity contribution is 5.64. The van der Waals surface area contributed by atoms with E-state index in [4.69, 9.17) is 4.74 Å². The zero-order chi connectivity index (χ0) is 21.2. The zero-order valence-electron chi connectivity index (χ0n) is 18.0. The lowest BCUT2D eigenvalue weighted by Crippen LogP contribution is -2.23. The van der Waals surface area contributed by atoms with Crippen LogP contribution in [0.25, 0.3) is 5.52 Å². The lowest BCUT2D eigenvalue weighted by atomic mass is 10.1. The van der Waals surface area contributed by atoms with Crippen molar-refractivity contribution < 1.29 is 4.74 Å². The summed E-state index contributed by atoms with van der Waals surface area (Å²) in [5, 5.41) is 12.4. The van der Waals surface area contributed by atoms with Crippen LogP contribution in [0.2, 0.25) is 0 Å². The minimum Gasteiger partial charge on any atom is -0.497 e. The fourth-order valence-electron chi connectivity index (χ4n) is 4.35. The van der Waals surface area contributed by atoms with Crippen molar-refractivity contribution in [1.82, 2.24) is 19.7 Å². The molecule has 0 saturated carbocycles. The number of benzene rings is 2. The van der Waals surface area contributed by atoms with E-state index in [1.807, 2.05) is 35.0 Å². The molecule has 31 heavy (non-hydrogen) atoms. The number of ether oxygens (including phenoxy) is 1. The zero-order valence-corrected chi connectivity index (χ0v) is 18.0. The van der Waals surface area contributed by atoms with E-state index in [0.29, 0.717) is 6.04 Å². The Morgan fingerprint density at radius 3 is 2.77 bits per heavy atom. The van der Waals surface area contributed by atoms with Gasteiger partial charge in [-0.2, -0.15) is 0 Å². The van der Waals surface area contributed by atoms with Crippen molar-refractivity contribution in [3.05, 3.63) is 83.7 Å². The van der Waals surface area contributed by atoms with Gasteiger partial charge in [-0.05, 0) is 56.1 Å². The molecule has 2 aromatic heterocycles. The molecular formula is C25H27N5O. The molecule has 6 nitrogen and oxygen atoms in total.